The lowest BCUT2D eigenvalue weighted by Crippen LogP contribution is -2.45. The van der Waals surface area contributed by atoms with E-state index in [4.69, 9.17) is 18.9 Å². The first kappa shape index (κ1) is 32.6. The molecule has 3 N–H and O–H groups in total. The van der Waals surface area contributed by atoms with Crippen molar-refractivity contribution in [1.82, 2.24) is 16.1 Å². The number of carbonyl (C=O) groups is 3. The van der Waals surface area contributed by atoms with Crippen molar-refractivity contribution in [2.45, 2.75) is 26.5 Å². The van der Waals surface area contributed by atoms with Gasteiger partial charge in [-0.05, 0) is 55.8 Å². The van der Waals surface area contributed by atoms with Crippen LogP contribution >= 0.6 is 15.9 Å². The van der Waals surface area contributed by atoms with Gasteiger partial charge in [0.15, 0.2) is 18.1 Å². The number of amides is 3. The lowest BCUT2D eigenvalue weighted by Gasteiger charge is -2.28. The zero-order valence-electron chi connectivity index (χ0n) is 24.7. The third-order valence-electron chi connectivity index (χ3n) is 6.53. The van der Waals surface area contributed by atoms with E-state index >= 15 is 0 Å². The smallest absolute Gasteiger partial charge is 0.338 e. The van der Waals surface area contributed by atoms with Gasteiger partial charge in [-0.15, -0.1) is 0 Å². The van der Waals surface area contributed by atoms with Gasteiger partial charge < -0.3 is 29.6 Å². The molecule has 1 atom stereocenters. The summed E-state index contributed by atoms with van der Waals surface area (Å²) in [5.41, 5.74) is 5.46. The maximum Gasteiger partial charge on any atom is 0.338 e. The molecule has 4 rings (SSSR count). The molecular weight excluding hydrogens is 646 g/mol. The molecule has 0 saturated heterocycles. The summed E-state index contributed by atoms with van der Waals surface area (Å²) in [6.07, 6.45) is 1.44. The van der Waals surface area contributed by atoms with Gasteiger partial charge in [-0.25, -0.2) is 15.0 Å². The van der Waals surface area contributed by atoms with Crippen LogP contribution in [0.25, 0.3) is 0 Å². The number of ether oxygens (including phenoxy) is 4. The molecule has 232 valence electrons. The molecule has 1 aliphatic rings. The number of methoxy groups -OCH3 is 1. The predicted octanol–water partition coefficient (Wildman–Crippen LogP) is 4.63. The number of carbonyl (C=O) groups excluding carboxylic acids is 3. The maximum atomic E-state index is 12.6. The van der Waals surface area contributed by atoms with Crippen LogP contribution < -0.4 is 30.3 Å². The highest BCUT2D eigenvalue weighted by Gasteiger charge is 2.32. The number of nitriles is 1. The molecule has 0 radical (unpaired) electrons. The predicted molar refractivity (Wildman–Crippen MR) is 168 cm³/mol. The fourth-order valence-corrected chi connectivity index (χ4v) is 4.80. The molecule has 13 heteroatoms. The summed E-state index contributed by atoms with van der Waals surface area (Å²) < 4.78 is 23.0. The Morgan fingerprint density at radius 3 is 2.62 bits per heavy atom. The molecule has 0 unspecified atom stereocenters. The number of benzene rings is 3. The Hall–Kier alpha value is -5.35. The molecule has 0 aromatic heterocycles. The number of nitrogens with one attached hydrogen (secondary N) is 3. The lowest BCUT2D eigenvalue weighted by molar-refractivity contribution is -0.139. The van der Waals surface area contributed by atoms with E-state index < -0.39 is 23.9 Å². The van der Waals surface area contributed by atoms with Crippen molar-refractivity contribution in [3.63, 3.8) is 0 Å². The monoisotopic (exact) mass is 675 g/mol. The first-order valence-electron chi connectivity index (χ1n) is 13.7. The number of hydrazone groups is 1. The van der Waals surface area contributed by atoms with Gasteiger partial charge in [-0.1, -0.05) is 40.2 Å². The fraction of sp³-hybridized carbons (Fsp3) is 0.219. The molecule has 45 heavy (non-hydrogen) atoms. The summed E-state index contributed by atoms with van der Waals surface area (Å²) in [5, 5.41) is 18.7. The Bertz CT molecular complexity index is 1700. The SMILES string of the molecule is CCOC(=O)C1=C(C)NC(=O)N[C@H]1c1ccc(OCC(=O)N/N=C/c2cc(Br)ccc2OCc2ccccc2C#N)c(OC)c1. The number of esters is 1. The van der Waals surface area contributed by atoms with Crippen LogP contribution in [0.15, 0.2) is 81.5 Å². The molecule has 0 bridgehead atoms. The lowest BCUT2D eigenvalue weighted by atomic mass is 9.95. The van der Waals surface area contributed by atoms with Gasteiger partial charge in [0.1, 0.15) is 12.4 Å². The Balaban J connectivity index is 1.40. The number of hydrogen-bond acceptors (Lipinski definition) is 9. The molecule has 0 fully saturated rings. The van der Waals surface area contributed by atoms with Crippen LogP contribution in [-0.4, -0.2) is 44.4 Å². The van der Waals surface area contributed by atoms with E-state index in [9.17, 15) is 19.6 Å². The fourth-order valence-electron chi connectivity index (χ4n) is 4.42. The second-order valence-electron chi connectivity index (χ2n) is 9.52. The van der Waals surface area contributed by atoms with Gasteiger partial charge in [-0.2, -0.15) is 10.4 Å². The first-order chi connectivity index (χ1) is 21.7. The Labute approximate surface area is 268 Å². The van der Waals surface area contributed by atoms with Crippen molar-refractivity contribution in [1.29, 1.82) is 5.26 Å². The molecule has 3 aromatic rings. The van der Waals surface area contributed by atoms with E-state index in [1.165, 1.54) is 13.3 Å². The number of nitrogens with zero attached hydrogens (tertiary/aromatic N) is 2. The minimum absolute atomic E-state index is 0.175. The van der Waals surface area contributed by atoms with Crippen molar-refractivity contribution in [2.75, 3.05) is 20.3 Å². The van der Waals surface area contributed by atoms with Crippen molar-refractivity contribution in [3.05, 3.63) is 98.7 Å². The highest BCUT2D eigenvalue weighted by atomic mass is 79.9. The summed E-state index contributed by atoms with van der Waals surface area (Å²) in [6.45, 7) is 3.29. The van der Waals surface area contributed by atoms with E-state index in [2.05, 4.69) is 43.2 Å². The first-order valence-corrected chi connectivity index (χ1v) is 14.5. The zero-order valence-corrected chi connectivity index (χ0v) is 26.3. The molecule has 3 aromatic carbocycles. The minimum atomic E-state index is -0.786. The topological polar surface area (TPSA) is 160 Å². The summed E-state index contributed by atoms with van der Waals surface area (Å²) in [6, 6.07) is 18.2. The normalized spacial score (nSPS) is 14.2. The Morgan fingerprint density at radius 2 is 1.87 bits per heavy atom. The van der Waals surface area contributed by atoms with Crippen molar-refractivity contribution >= 4 is 40.1 Å². The molecule has 12 nitrogen and oxygen atoms in total. The molecular formula is C32H30BrN5O7. The van der Waals surface area contributed by atoms with Crippen LogP contribution in [0.4, 0.5) is 4.79 Å². The van der Waals surface area contributed by atoms with Crippen LogP contribution in [0.1, 0.15) is 42.1 Å². The zero-order chi connectivity index (χ0) is 32.3. The summed E-state index contributed by atoms with van der Waals surface area (Å²) >= 11 is 3.43. The van der Waals surface area contributed by atoms with Gasteiger partial charge >= 0.3 is 12.0 Å². The van der Waals surface area contributed by atoms with Crippen molar-refractivity contribution < 1.29 is 33.3 Å². The maximum absolute atomic E-state index is 12.6. The largest absolute Gasteiger partial charge is 0.493 e. The number of halogens is 1. The summed E-state index contributed by atoms with van der Waals surface area (Å²) in [7, 11) is 1.43. The third kappa shape index (κ3) is 8.39. The van der Waals surface area contributed by atoms with E-state index in [1.54, 1.807) is 56.3 Å². The highest BCUT2D eigenvalue weighted by Crippen LogP contribution is 2.34. The number of rotatable bonds is 12. The van der Waals surface area contributed by atoms with Crippen LogP contribution in [0.5, 0.6) is 17.2 Å². The highest BCUT2D eigenvalue weighted by molar-refractivity contribution is 9.10. The van der Waals surface area contributed by atoms with Crippen LogP contribution in [-0.2, 0) is 20.9 Å². The summed E-state index contributed by atoms with van der Waals surface area (Å²) in [5.74, 6) is -0.0433. The second-order valence-corrected chi connectivity index (χ2v) is 10.4. The number of urea groups is 1. The minimum Gasteiger partial charge on any atom is -0.493 e. The Morgan fingerprint density at radius 1 is 1.09 bits per heavy atom. The molecule has 0 saturated carbocycles. The quantitative estimate of drug-likeness (QED) is 0.142. The number of allylic oxidation sites excluding steroid dienone is 1. The van der Waals surface area contributed by atoms with Gasteiger partial charge in [0.05, 0.1) is 43.2 Å². The molecule has 1 aliphatic heterocycles. The number of hydrogen-bond donors (Lipinski definition) is 3. The van der Waals surface area contributed by atoms with Gasteiger partial charge in [0, 0.05) is 21.3 Å². The van der Waals surface area contributed by atoms with E-state index in [0.29, 0.717) is 28.1 Å². The standard InChI is InChI=1S/C32H30BrN5O7/c1-4-43-31(40)29-19(2)36-32(41)37-30(29)20-9-11-26(27(14-20)42-3)45-18-28(39)38-35-16-23-13-24(33)10-12-25(23)44-17-22-8-6-5-7-21(22)15-34/h5-14,16,30H,4,17-18H2,1-3H3,(H,38,39)(H2,36,37,41)/b35-16+/t30-/m0/s1. The van der Waals surface area contributed by atoms with Gasteiger partial charge in [-0.3, -0.25) is 4.79 Å². The van der Waals surface area contributed by atoms with E-state index in [-0.39, 0.29) is 36.9 Å². The molecule has 3 amide bonds. The van der Waals surface area contributed by atoms with Gasteiger partial charge in [0.2, 0.25) is 0 Å². The van der Waals surface area contributed by atoms with E-state index in [0.717, 1.165) is 10.0 Å². The van der Waals surface area contributed by atoms with Crippen LogP contribution in [0, 0.1) is 11.3 Å². The van der Waals surface area contributed by atoms with Crippen LogP contribution in [0.3, 0.4) is 0 Å². The second kappa shape index (κ2) is 15.4. The molecule has 0 spiro atoms. The molecule has 1 heterocycles. The van der Waals surface area contributed by atoms with E-state index in [1.807, 2.05) is 18.2 Å². The summed E-state index contributed by atoms with van der Waals surface area (Å²) in [4.78, 5) is 37.3. The van der Waals surface area contributed by atoms with Crippen LogP contribution in [0.2, 0.25) is 0 Å². The average molecular weight is 677 g/mol. The Kier molecular flexibility index (Phi) is 11.1. The van der Waals surface area contributed by atoms with Crippen molar-refractivity contribution in [2.24, 2.45) is 5.10 Å². The average Bonchev–Trinajstić information content (AvgIpc) is 3.03. The van der Waals surface area contributed by atoms with Crippen molar-refractivity contribution in [3.8, 4) is 23.3 Å². The third-order valence-corrected chi connectivity index (χ3v) is 7.02. The van der Waals surface area contributed by atoms with Gasteiger partial charge in [0.25, 0.3) is 5.91 Å². The molecule has 0 aliphatic carbocycles.